The predicted octanol–water partition coefficient (Wildman–Crippen LogP) is 4.62. The van der Waals surface area contributed by atoms with Gasteiger partial charge in [0.2, 0.25) is 0 Å². The number of carbonyl (C=O) groups excluding carboxylic acids is 1. The van der Waals surface area contributed by atoms with Crippen molar-refractivity contribution in [3.8, 4) is 11.1 Å². The predicted molar refractivity (Wildman–Crippen MR) is 94.1 cm³/mol. The van der Waals surface area contributed by atoms with E-state index in [2.05, 4.69) is 0 Å². The molecule has 0 aliphatic carbocycles. The Balaban J connectivity index is 1.64. The summed E-state index contributed by atoms with van der Waals surface area (Å²) in [6.07, 6.45) is 0. The summed E-state index contributed by atoms with van der Waals surface area (Å²) >= 11 is 0. The van der Waals surface area contributed by atoms with Crippen LogP contribution in [-0.2, 0) is 11.3 Å². The van der Waals surface area contributed by atoms with Gasteiger partial charge in [-0.15, -0.1) is 0 Å². The quantitative estimate of drug-likeness (QED) is 0.388. The lowest BCUT2D eigenvalue weighted by atomic mass is 10.0. The highest BCUT2D eigenvalue weighted by molar-refractivity contribution is 5.90. The Labute approximate surface area is 144 Å². The van der Waals surface area contributed by atoms with Crippen molar-refractivity contribution in [1.82, 2.24) is 0 Å². The number of carbonyl (C=O) groups is 1. The van der Waals surface area contributed by atoms with Crippen molar-refractivity contribution in [1.29, 1.82) is 0 Å². The molecule has 0 aliphatic rings. The molecule has 3 aromatic rings. The van der Waals surface area contributed by atoms with Crippen LogP contribution in [0.2, 0.25) is 0 Å². The molecular formula is C20H15NO4. The number of nitro groups is 1. The molecule has 3 aromatic carbocycles. The van der Waals surface area contributed by atoms with Crippen LogP contribution in [0, 0.1) is 10.1 Å². The first-order valence-electron chi connectivity index (χ1n) is 7.69. The van der Waals surface area contributed by atoms with E-state index in [0.717, 1.165) is 16.7 Å². The Morgan fingerprint density at radius 3 is 2.24 bits per heavy atom. The number of benzene rings is 3. The second-order valence-electron chi connectivity index (χ2n) is 5.45. The van der Waals surface area contributed by atoms with Crippen LogP contribution in [0.25, 0.3) is 11.1 Å². The van der Waals surface area contributed by atoms with E-state index in [0.29, 0.717) is 0 Å². The Hall–Kier alpha value is -3.47. The van der Waals surface area contributed by atoms with Crippen LogP contribution < -0.4 is 0 Å². The second kappa shape index (κ2) is 7.40. The highest BCUT2D eigenvalue weighted by Crippen LogP contribution is 2.20. The Morgan fingerprint density at radius 1 is 0.880 bits per heavy atom. The minimum atomic E-state index is -0.587. The molecule has 124 valence electrons. The van der Waals surface area contributed by atoms with Gasteiger partial charge in [0.25, 0.3) is 5.69 Å². The number of nitrogens with zero attached hydrogens (tertiary/aromatic N) is 1. The second-order valence-corrected chi connectivity index (χ2v) is 5.45. The summed E-state index contributed by atoms with van der Waals surface area (Å²) in [7, 11) is 0. The molecule has 3 rings (SSSR count). The van der Waals surface area contributed by atoms with Crippen molar-refractivity contribution in [2.75, 3.05) is 0 Å². The average molecular weight is 333 g/mol. The smallest absolute Gasteiger partial charge is 0.338 e. The number of esters is 1. The maximum Gasteiger partial charge on any atom is 0.338 e. The van der Waals surface area contributed by atoms with Crippen molar-refractivity contribution in [3.05, 3.63) is 100 Å². The van der Waals surface area contributed by atoms with Gasteiger partial charge < -0.3 is 4.74 Å². The summed E-state index contributed by atoms with van der Waals surface area (Å²) in [5.74, 6) is -0.587. The summed E-state index contributed by atoms with van der Waals surface area (Å²) < 4.78 is 5.23. The molecule has 0 heterocycles. The molecule has 0 atom stereocenters. The first-order chi connectivity index (χ1) is 12.1. The molecule has 0 amide bonds. The Morgan fingerprint density at radius 2 is 1.56 bits per heavy atom. The standard InChI is InChI=1S/C20H15NO4/c22-20(18-7-4-8-19(13-18)21(23)24)25-14-15-9-11-17(12-10-15)16-5-2-1-3-6-16/h1-13H,14H2. The molecule has 0 fully saturated rings. The van der Waals surface area contributed by atoms with Gasteiger partial charge in [-0.2, -0.15) is 0 Å². The molecular weight excluding hydrogens is 318 g/mol. The lowest BCUT2D eigenvalue weighted by molar-refractivity contribution is -0.384. The van der Waals surface area contributed by atoms with Crippen molar-refractivity contribution < 1.29 is 14.5 Å². The van der Waals surface area contributed by atoms with Crippen LogP contribution in [-0.4, -0.2) is 10.9 Å². The summed E-state index contributed by atoms with van der Waals surface area (Å²) in [6.45, 7) is 0.108. The van der Waals surface area contributed by atoms with E-state index in [9.17, 15) is 14.9 Å². The lowest BCUT2D eigenvalue weighted by Crippen LogP contribution is -2.05. The summed E-state index contributed by atoms with van der Waals surface area (Å²) in [5, 5.41) is 10.8. The van der Waals surface area contributed by atoms with Crippen LogP contribution in [0.5, 0.6) is 0 Å². The monoisotopic (exact) mass is 333 g/mol. The Bertz CT molecular complexity index is 889. The van der Waals surface area contributed by atoms with E-state index in [1.54, 1.807) is 0 Å². The van der Waals surface area contributed by atoms with Gasteiger partial charge in [0.15, 0.2) is 0 Å². The van der Waals surface area contributed by atoms with Gasteiger partial charge in [0.1, 0.15) is 6.61 Å². The van der Waals surface area contributed by atoms with Gasteiger partial charge >= 0.3 is 5.97 Å². The molecule has 0 aliphatic heterocycles. The van der Waals surface area contributed by atoms with Crippen molar-refractivity contribution in [3.63, 3.8) is 0 Å². The molecule has 5 nitrogen and oxygen atoms in total. The number of non-ortho nitro benzene ring substituents is 1. The number of hydrogen-bond acceptors (Lipinski definition) is 4. The number of rotatable bonds is 5. The van der Waals surface area contributed by atoms with Gasteiger partial charge in [0, 0.05) is 12.1 Å². The van der Waals surface area contributed by atoms with Gasteiger partial charge in [-0.25, -0.2) is 4.79 Å². The molecule has 0 N–H and O–H groups in total. The third-order valence-corrected chi connectivity index (χ3v) is 3.72. The maximum atomic E-state index is 12.0. The van der Waals surface area contributed by atoms with E-state index >= 15 is 0 Å². The molecule has 0 spiro atoms. The first kappa shape index (κ1) is 16.4. The minimum Gasteiger partial charge on any atom is -0.457 e. The summed E-state index contributed by atoms with van der Waals surface area (Å²) in [4.78, 5) is 22.3. The number of nitro benzene ring substituents is 1. The topological polar surface area (TPSA) is 69.4 Å². The van der Waals surface area contributed by atoms with Crippen LogP contribution in [0.3, 0.4) is 0 Å². The average Bonchev–Trinajstić information content (AvgIpc) is 2.67. The van der Waals surface area contributed by atoms with Crippen LogP contribution in [0.4, 0.5) is 5.69 Å². The number of hydrogen-bond donors (Lipinski definition) is 0. The molecule has 0 unspecified atom stereocenters. The van der Waals surface area contributed by atoms with Crippen LogP contribution in [0.1, 0.15) is 15.9 Å². The molecule has 25 heavy (non-hydrogen) atoms. The van der Waals surface area contributed by atoms with E-state index in [-0.39, 0.29) is 17.9 Å². The normalized spacial score (nSPS) is 10.2. The molecule has 0 bridgehead atoms. The maximum absolute atomic E-state index is 12.0. The minimum absolute atomic E-state index is 0.108. The van der Waals surface area contributed by atoms with Crippen molar-refractivity contribution in [2.45, 2.75) is 6.61 Å². The van der Waals surface area contributed by atoms with E-state index in [4.69, 9.17) is 4.74 Å². The van der Waals surface area contributed by atoms with Gasteiger partial charge in [0.05, 0.1) is 10.5 Å². The molecule has 0 aromatic heterocycles. The summed E-state index contributed by atoms with van der Waals surface area (Å²) in [5.41, 5.74) is 3.06. The summed E-state index contributed by atoms with van der Waals surface area (Å²) in [6, 6.07) is 23.2. The largest absolute Gasteiger partial charge is 0.457 e. The van der Waals surface area contributed by atoms with Gasteiger partial charge in [-0.3, -0.25) is 10.1 Å². The fourth-order valence-corrected chi connectivity index (χ4v) is 2.40. The van der Waals surface area contributed by atoms with E-state index in [1.807, 2.05) is 54.6 Å². The third kappa shape index (κ3) is 4.09. The van der Waals surface area contributed by atoms with Gasteiger partial charge in [-0.1, -0.05) is 60.7 Å². The SMILES string of the molecule is O=C(OCc1ccc(-c2ccccc2)cc1)c1cccc([N+](=O)[O-])c1. The van der Waals surface area contributed by atoms with Crippen LogP contribution >= 0.6 is 0 Å². The zero-order valence-corrected chi connectivity index (χ0v) is 13.3. The zero-order valence-electron chi connectivity index (χ0n) is 13.3. The van der Waals surface area contributed by atoms with Crippen LogP contribution in [0.15, 0.2) is 78.9 Å². The van der Waals surface area contributed by atoms with E-state index in [1.165, 1.54) is 24.3 Å². The van der Waals surface area contributed by atoms with E-state index < -0.39 is 10.9 Å². The Kier molecular flexibility index (Phi) is 4.85. The fourth-order valence-electron chi connectivity index (χ4n) is 2.40. The van der Waals surface area contributed by atoms with Gasteiger partial charge in [-0.05, 0) is 22.8 Å². The molecule has 0 radical (unpaired) electrons. The first-order valence-corrected chi connectivity index (χ1v) is 7.69. The highest BCUT2D eigenvalue weighted by atomic mass is 16.6. The fraction of sp³-hybridized carbons (Fsp3) is 0.0500. The number of ether oxygens (including phenoxy) is 1. The van der Waals surface area contributed by atoms with Crippen molar-refractivity contribution >= 4 is 11.7 Å². The highest BCUT2D eigenvalue weighted by Gasteiger charge is 2.12. The lowest BCUT2D eigenvalue weighted by Gasteiger charge is -2.06. The molecule has 0 saturated carbocycles. The molecule has 0 saturated heterocycles. The molecule has 5 heteroatoms. The van der Waals surface area contributed by atoms with Crippen molar-refractivity contribution in [2.24, 2.45) is 0 Å². The zero-order chi connectivity index (χ0) is 17.6. The third-order valence-electron chi connectivity index (χ3n) is 3.72.